The van der Waals surface area contributed by atoms with E-state index in [4.69, 9.17) is 15.6 Å². The van der Waals surface area contributed by atoms with Gasteiger partial charge in [0, 0.05) is 25.6 Å². The Labute approximate surface area is 113 Å². The molecule has 110 valence electrons. The maximum atomic E-state index is 12.0. The molecule has 0 aromatic carbocycles. The highest BCUT2D eigenvalue weighted by atomic mass is 16.6. The molecule has 2 atom stereocenters. The Bertz CT molecular complexity index is 338. The summed E-state index contributed by atoms with van der Waals surface area (Å²) in [6, 6.07) is -0.0435. The van der Waals surface area contributed by atoms with E-state index in [2.05, 4.69) is 0 Å². The fourth-order valence-corrected chi connectivity index (χ4v) is 2.16. The van der Waals surface area contributed by atoms with Crippen molar-refractivity contribution in [2.24, 2.45) is 11.7 Å². The third kappa shape index (κ3) is 5.46. The smallest absolute Gasteiger partial charge is 0.410 e. The lowest BCUT2D eigenvalue weighted by Gasteiger charge is -2.37. The fourth-order valence-electron chi connectivity index (χ4n) is 2.16. The first-order valence-electron chi connectivity index (χ1n) is 6.64. The molecule has 3 N–H and O–H groups in total. The number of carboxylic acids is 1. The van der Waals surface area contributed by atoms with Gasteiger partial charge >= 0.3 is 12.1 Å². The number of carbonyl (C=O) groups excluding carboxylic acids is 1. The van der Waals surface area contributed by atoms with Crippen LogP contribution < -0.4 is 5.73 Å². The maximum absolute atomic E-state index is 12.0. The van der Waals surface area contributed by atoms with E-state index in [1.807, 2.05) is 20.8 Å². The zero-order chi connectivity index (χ0) is 14.6. The molecule has 0 unspecified atom stereocenters. The van der Waals surface area contributed by atoms with Gasteiger partial charge in [-0.3, -0.25) is 4.79 Å². The van der Waals surface area contributed by atoms with E-state index < -0.39 is 11.6 Å². The SMILES string of the molecule is CC(C)(C)OC(=O)N1CC[C@H](N)[C@@H](CCC(=O)O)C1. The Balaban J connectivity index is 2.53. The summed E-state index contributed by atoms with van der Waals surface area (Å²) in [6.07, 6.45) is 0.916. The number of ether oxygens (including phenoxy) is 1. The van der Waals surface area contributed by atoms with E-state index in [1.54, 1.807) is 4.90 Å². The number of amides is 1. The molecular formula is C13H24N2O4. The van der Waals surface area contributed by atoms with Gasteiger partial charge in [-0.05, 0) is 39.5 Å². The molecule has 0 bridgehead atoms. The van der Waals surface area contributed by atoms with Crippen LogP contribution in [0.3, 0.4) is 0 Å². The van der Waals surface area contributed by atoms with Gasteiger partial charge in [0.2, 0.25) is 0 Å². The fraction of sp³-hybridized carbons (Fsp3) is 0.846. The summed E-state index contributed by atoms with van der Waals surface area (Å²) in [4.78, 5) is 24.2. The number of likely N-dealkylation sites (tertiary alicyclic amines) is 1. The predicted octanol–water partition coefficient (Wildman–Crippen LogP) is 1.44. The second kappa shape index (κ2) is 6.23. The molecule has 19 heavy (non-hydrogen) atoms. The van der Waals surface area contributed by atoms with Gasteiger partial charge in [-0.15, -0.1) is 0 Å². The molecule has 1 aliphatic rings. The summed E-state index contributed by atoms with van der Waals surface area (Å²) >= 11 is 0. The minimum Gasteiger partial charge on any atom is -0.481 e. The number of aliphatic carboxylic acids is 1. The van der Waals surface area contributed by atoms with E-state index >= 15 is 0 Å². The van der Waals surface area contributed by atoms with Gasteiger partial charge < -0.3 is 20.5 Å². The van der Waals surface area contributed by atoms with Crippen LogP contribution in [-0.4, -0.2) is 46.8 Å². The largest absolute Gasteiger partial charge is 0.481 e. The highest BCUT2D eigenvalue weighted by Gasteiger charge is 2.31. The molecule has 1 amide bonds. The second-order valence-corrected chi connectivity index (χ2v) is 6.07. The van der Waals surface area contributed by atoms with E-state index in [0.29, 0.717) is 25.9 Å². The average molecular weight is 272 g/mol. The van der Waals surface area contributed by atoms with Crippen molar-refractivity contribution in [1.29, 1.82) is 0 Å². The number of nitrogens with zero attached hydrogens (tertiary/aromatic N) is 1. The topological polar surface area (TPSA) is 92.9 Å². The molecule has 0 aromatic rings. The lowest BCUT2D eigenvalue weighted by Crippen LogP contribution is -2.50. The first-order valence-corrected chi connectivity index (χ1v) is 6.64. The highest BCUT2D eigenvalue weighted by molar-refractivity contribution is 5.68. The Morgan fingerprint density at radius 1 is 1.42 bits per heavy atom. The minimum absolute atomic E-state index is 0.0253. The maximum Gasteiger partial charge on any atom is 0.410 e. The van der Waals surface area contributed by atoms with Crippen LogP contribution in [0.1, 0.15) is 40.0 Å². The average Bonchev–Trinajstić information content (AvgIpc) is 2.25. The number of rotatable bonds is 3. The monoisotopic (exact) mass is 272 g/mol. The van der Waals surface area contributed by atoms with Crippen LogP contribution in [0.5, 0.6) is 0 Å². The molecule has 1 aliphatic heterocycles. The summed E-state index contributed by atoms with van der Waals surface area (Å²) in [5, 5.41) is 8.71. The van der Waals surface area contributed by atoms with Crippen LogP contribution in [0, 0.1) is 5.92 Å². The molecule has 0 saturated carbocycles. The molecule has 6 nitrogen and oxygen atoms in total. The van der Waals surface area contributed by atoms with Crippen molar-refractivity contribution < 1.29 is 19.4 Å². The number of carbonyl (C=O) groups is 2. The van der Waals surface area contributed by atoms with Gasteiger partial charge in [0.05, 0.1) is 0 Å². The lowest BCUT2D eigenvalue weighted by atomic mass is 9.89. The summed E-state index contributed by atoms with van der Waals surface area (Å²) < 4.78 is 5.32. The molecular weight excluding hydrogens is 248 g/mol. The van der Waals surface area contributed by atoms with Crippen molar-refractivity contribution in [3.63, 3.8) is 0 Å². The number of hydrogen-bond donors (Lipinski definition) is 2. The number of piperidine rings is 1. The molecule has 1 rings (SSSR count). The van der Waals surface area contributed by atoms with E-state index in [9.17, 15) is 9.59 Å². The standard InChI is InChI=1S/C13H24N2O4/c1-13(2,3)19-12(18)15-7-6-10(14)9(8-15)4-5-11(16)17/h9-10H,4-8,14H2,1-3H3,(H,16,17)/t9-,10-/m0/s1. The van der Waals surface area contributed by atoms with Gasteiger partial charge in [0.25, 0.3) is 0 Å². The Morgan fingerprint density at radius 3 is 2.58 bits per heavy atom. The molecule has 0 aromatic heterocycles. The van der Waals surface area contributed by atoms with Crippen molar-refractivity contribution in [3.05, 3.63) is 0 Å². The molecule has 1 heterocycles. The van der Waals surface area contributed by atoms with Crippen molar-refractivity contribution >= 4 is 12.1 Å². The minimum atomic E-state index is -0.832. The molecule has 1 saturated heterocycles. The third-order valence-corrected chi connectivity index (χ3v) is 3.17. The molecule has 0 spiro atoms. The zero-order valence-corrected chi connectivity index (χ0v) is 11.9. The summed E-state index contributed by atoms with van der Waals surface area (Å²) in [7, 11) is 0. The van der Waals surface area contributed by atoms with Crippen molar-refractivity contribution in [2.75, 3.05) is 13.1 Å². The number of hydrogen-bond acceptors (Lipinski definition) is 4. The lowest BCUT2D eigenvalue weighted by molar-refractivity contribution is -0.137. The summed E-state index contributed by atoms with van der Waals surface area (Å²) in [5.41, 5.74) is 5.46. The van der Waals surface area contributed by atoms with Gasteiger partial charge in [0.15, 0.2) is 0 Å². The van der Waals surface area contributed by atoms with Crippen LogP contribution in [0.15, 0.2) is 0 Å². The van der Waals surface area contributed by atoms with Gasteiger partial charge in [-0.2, -0.15) is 0 Å². The Hall–Kier alpha value is -1.30. The highest BCUT2D eigenvalue weighted by Crippen LogP contribution is 2.22. The van der Waals surface area contributed by atoms with E-state index in [0.717, 1.165) is 0 Å². The number of nitrogens with two attached hydrogens (primary N) is 1. The predicted molar refractivity (Wildman–Crippen MR) is 70.8 cm³/mol. The van der Waals surface area contributed by atoms with Gasteiger partial charge in [0.1, 0.15) is 5.60 Å². The number of carboxylic acid groups (broad SMARTS) is 1. The molecule has 0 radical (unpaired) electrons. The second-order valence-electron chi connectivity index (χ2n) is 6.07. The zero-order valence-electron chi connectivity index (χ0n) is 11.9. The van der Waals surface area contributed by atoms with E-state index in [-0.39, 0.29) is 24.5 Å². The quantitative estimate of drug-likeness (QED) is 0.810. The first kappa shape index (κ1) is 15.8. The summed E-state index contributed by atoms with van der Waals surface area (Å²) in [6.45, 7) is 6.51. The van der Waals surface area contributed by atoms with Crippen LogP contribution >= 0.6 is 0 Å². The van der Waals surface area contributed by atoms with Gasteiger partial charge in [-0.1, -0.05) is 0 Å². The van der Waals surface area contributed by atoms with Crippen molar-refractivity contribution in [1.82, 2.24) is 4.90 Å². The summed E-state index contributed by atoms with van der Waals surface area (Å²) in [5.74, 6) is -0.807. The van der Waals surface area contributed by atoms with Crippen molar-refractivity contribution in [3.8, 4) is 0 Å². The molecule has 1 fully saturated rings. The van der Waals surface area contributed by atoms with Crippen LogP contribution in [-0.2, 0) is 9.53 Å². The van der Waals surface area contributed by atoms with Crippen molar-refractivity contribution in [2.45, 2.75) is 51.7 Å². The first-order chi connectivity index (χ1) is 8.69. The van der Waals surface area contributed by atoms with Crippen LogP contribution in [0.2, 0.25) is 0 Å². The van der Waals surface area contributed by atoms with Gasteiger partial charge in [-0.25, -0.2) is 4.79 Å². The Kier molecular flexibility index (Phi) is 5.17. The Morgan fingerprint density at radius 2 is 2.05 bits per heavy atom. The third-order valence-electron chi connectivity index (χ3n) is 3.17. The molecule has 6 heteroatoms. The molecule has 0 aliphatic carbocycles. The normalized spacial score (nSPS) is 24.1. The van der Waals surface area contributed by atoms with E-state index in [1.165, 1.54) is 0 Å². The van der Waals surface area contributed by atoms with Crippen LogP contribution in [0.25, 0.3) is 0 Å². The van der Waals surface area contributed by atoms with Crippen LogP contribution in [0.4, 0.5) is 4.79 Å².